The fourth-order valence-electron chi connectivity index (χ4n) is 23.1. The molecule has 10 aliphatic heterocycles. The summed E-state index contributed by atoms with van der Waals surface area (Å²) < 4.78 is 46.5. The van der Waals surface area contributed by atoms with Gasteiger partial charge in [-0.15, -0.1) is 0 Å². The number of cyclic esters (lactones) is 20. The SMILES string of the molecule is O=C1CC2(CC3CC2C2C(=O)OC(=O)C32)C(=O)O1.O=C1OC(=O)C2C1CC1C(=O)OC(=O)C12.O=C1OC(=O)C2C3CC(C12)C1C(=O)OC(=O)C31.O=C1OC(=O)C2C3CC(C12)C1C2CC(C4C(=O)OC(=O)C24)C31.O=C1OC(=O)C2C3CCC(C12)C1C(=O)OC(=O)C31. The topological polar surface area (TPSA) is 434 Å². The summed E-state index contributed by atoms with van der Waals surface area (Å²) in [5.41, 5.74) is -0.868. The van der Waals surface area contributed by atoms with Crippen LogP contribution in [0.3, 0.4) is 0 Å². The molecular weight excluding hydrogens is 1200 g/mol. The molecule has 30 heteroatoms. The number of rotatable bonds is 0. The van der Waals surface area contributed by atoms with E-state index in [0.29, 0.717) is 32.1 Å². The van der Waals surface area contributed by atoms with Crippen molar-refractivity contribution in [2.75, 3.05) is 0 Å². The number of carbonyl (C=O) groups is 20. The van der Waals surface area contributed by atoms with Crippen LogP contribution in [0.25, 0.3) is 0 Å². The van der Waals surface area contributed by atoms with Crippen molar-refractivity contribution < 1.29 is 143 Å². The zero-order valence-corrected chi connectivity index (χ0v) is 46.4. The Morgan fingerprint density at radius 1 is 0.244 bits per heavy atom. The third-order valence-electron chi connectivity index (χ3n) is 25.6. The van der Waals surface area contributed by atoms with Crippen molar-refractivity contribution in [2.24, 2.45) is 183 Å². The second-order valence-electron chi connectivity index (χ2n) is 28.2. The molecule has 90 heavy (non-hydrogen) atoms. The second kappa shape index (κ2) is 18.3. The van der Waals surface area contributed by atoms with E-state index in [0.717, 1.165) is 12.8 Å². The lowest BCUT2D eigenvalue weighted by Crippen LogP contribution is -2.53. The maximum absolute atomic E-state index is 12.0. The van der Waals surface area contributed by atoms with Crippen molar-refractivity contribution in [1.29, 1.82) is 0 Å². The van der Waals surface area contributed by atoms with Gasteiger partial charge in [0.25, 0.3) is 0 Å². The van der Waals surface area contributed by atoms with Gasteiger partial charge in [-0.3, -0.25) is 95.9 Å². The van der Waals surface area contributed by atoms with Crippen molar-refractivity contribution in [2.45, 2.75) is 57.8 Å². The summed E-state index contributed by atoms with van der Waals surface area (Å²) in [6.45, 7) is 0. The third kappa shape index (κ3) is 6.88. The van der Waals surface area contributed by atoms with Crippen LogP contribution in [-0.4, -0.2) is 119 Å². The van der Waals surface area contributed by atoms with Crippen LogP contribution in [0.5, 0.6) is 0 Å². The van der Waals surface area contributed by atoms with Gasteiger partial charge in [0.15, 0.2) is 0 Å². The van der Waals surface area contributed by atoms with Gasteiger partial charge in [0.2, 0.25) is 0 Å². The van der Waals surface area contributed by atoms with Crippen LogP contribution in [0.1, 0.15) is 57.8 Å². The van der Waals surface area contributed by atoms with E-state index < -0.39 is 184 Å². The molecule has 0 aromatic rings. The molecule has 0 N–H and O–H groups in total. The minimum atomic E-state index is -0.868. The lowest BCUT2D eigenvalue weighted by atomic mass is 9.51. The van der Waals surface area contributed by atoms with Crippen LogP contribution in [0.2, 0.25) is 0 Å². The van der Waals surface area contributed by atoms with Crippen molar-refractivity contribution in [3.05, 3.63) is 0 Å². The van der Waals surface area contributed by atoms with Gasteiger partial charge >= 0.3 is 119 Å². The molecular formula is C60H48O30. The molecule has 10 saturated heterocycles. The largest absolute Gasteiger partial charge is 0.393 e. The molecule has 0 radical (unpaired) electrons. The lowest BCUT2D eigenvalue weighted by molar-refractivity contribution is -0.159. The summed E-state index contributed by atoms with van der Waals surface area (Å²) in [6, 6.07) is 0. The molecule has 25 unspecified atom stereocenters. The first kappa shape index (κ1) is 55.5. The molecule has 12 aliphatic carbocycles. The Hall–Kier alpha value is -8.60. The molecule has 10 bridgehead atoms. The summed E-state index contributed by atoms with van der Waals surface area (Å²) >= 11 is 0. The van der Waals surface area contributed by atoms with Crippen LogP contribution >= 0.6 is 0 Å². The molecule has 25 atom stereocenters. The van der Waals surface area contributed by atoms with E-state index in [1.807, 2.05) is 0 Å². The maximum Gasteiger partial charge on any atom is 0.320 e. The van der Waals surface area contributed by atoms with Crippen LogP contribution in [0.4, 0.5) is 0 Å². The molecule has 0 amide bonds. The van der Waals surface area contributed by atoms with Crippen molar-refractivity contribution in [3.8, 4) is 0 Å². The number of fused-ring (bicyclic) bond motifs is 33. The van der Waals surface area contributed by atoms with E-state index in [4.69, 9.17) is 9.47 Å². The molecule has 30 nitrogen and oxygen atoms in total. The quantitative estimate of drug-likeness (QED) is 0.108. The van der Waals surface area contributed by atoms with Crippen LogP contribution in [0, 0.1) is 183 Å². The maximum atomic E-state index is 12.0. The standard InChI is InChI=1S/C16H14O6.2C12H10O6.C11H8O6.C9H6O6/c17-13-9-3-1-4(10(9)14(18)21-13)8-6-2-5(7(3)8)11-12(6)16(20)22-15(11)19;13-6-3-12(11(16)17-6)2-4-1-5(12)8-7(4)9(14)18-10(8)15;13-9-5-3-1-2-4(7(5)11(15)17-9)8-6(3)10(14)18-12(8)16;12-8-4-2-1-3(6(4)10(14)16-8)7-5(2)9(13)17-11(7)15;10-6-2-1-3-5(4(2)8(12)14-6)9(13)15-7(3)11/h3-12H,1-2H2;4-5,7-8H,1-3H2;3-8H,1-2H2;2-7H,1H2;2-5H,1H2. The van der Waals surface area contributed by atoms with E-state index in [1.54, 1.807) is 0 Å². The van der Waals surface area contributed by atoms with Crippen molar-refractivity contribution >= 4 is 119 Å². The van der Waals surface area contributed by atoms with Crippen LogP contribution < -0.4 is 0 Å². The van der Waals surface area contributed by atoms with Gasteiger partial charge in [-0.2, -0.15) is 0 Å². The van der Waals surface area contributed by atoms with Gasteiger partial charge < -0.3 is 47.4 Å². The minimum absolute atomic E-state index is 0.0302. The average Bonchev–Trinajstić information content (AvgIpc) is 1.51. The number of hydrogen-bond donors (Lipinski definition) is 0. The van der Waals surface area contributed by atoms with Gasteiger partial charge in [0, 0.05) is 0 Å². The highest BCUT2D eigenvalue weighted by Crippen LogP contribution is 2.75. The van der Waals surface area contributed by atoms with Gasteiger partial charge in [-0.25, -0.2) is 0 Å². The van der Waals surface area contributed by atoms with Crippen LogP contribution in [0.15, 0.2) is 0 Å². The first-order valence-electron chi connectivity index (χ1n) is 30.4. The molecule has 22 aliphatic rings. The van der Waals surface area contributed by atoms with Crippen molar-refractivity contribution in [3.63, 3.8) is 0 Å². The predicted octanol–water partition coefficient (Wildman–Crippen LogP) is -2.10. The normalized spacial score (nSPS) is 50.8. The number of carbonyl (C=O) groups excluding carboxylic acids is 20. The monoisotopic (exact) mass is 1250 g/mol. The molecule has 22 fully saturated rings. The highest BCUT2D eigenvalue weighted by Gasteiger charge is 2.79. The molecule has 1 spiro atoms. The van der Waals surface area contributed by atoms with E-state index >= 15 is 0 Å². The molecule has 0 aromatic heterocycles. The Labute approximate surface area is 502 Å². The molecule has 0 aromatic carbocycles. The van der Waals surface area contributed by atoms with Gasteiger partial charge in [0.05, 0.1) is 118 Å². The molecule has 22 rings (SSSR count). The molecule has 468 valence electrons. The van der Waals surface area contributed by atoms with E-state index in [-0.39, 0.29) is 131 Å². The number of ether oxygens (including phenoxy) is 10. The Morgan fingerprint density at radius 2 is 0.511 bits per heavy atom. The van der Waals surface area contributed by atoms with Gasteiger partial charge in [-0.05, 0) is 122 Å². The zero-order chi connectivity index (χ0) is 62.8. The zero-order valence-electron chi connectivity index (χ0n) is 46.4. The smallest absolute Gasteiger partial charge is 0.320 e. The lowest BCUT2D eigenvalue weighted by Gasteiger charge is -2.46. The molecule has 12 saturated carbocycles. The Kier molecular flexibility index (Phi) is 11.3. The second-order valence-corrected chi connectivity index (χ2v) is 28.2. The first-order valence-corrected chi connectivity index (χ1v) is 30.4. The molecule has 10 heterocycles. The average molecular weight is 1250 g/mol. The number of hydrogen-bond acceptors (Lipinski definition) is 30. The summed E-state index contributed by atoms with van der Waals surface area (Å²) in [6.07, 6.45) is 5.01. The first-order chi connectivity index (χ1) is 42.9. The highest BCUT2D eigenvalue weighted by molar-refractivity contribution is 6.08. The Morgan fingerprint density at radius 3 is 0.833 bits per heavy atom. The summed E-state index contributed by atoms with van der Waals surface area (Å²) in [4.78, 5) is 233. The van der Waals surface area contributed by atoms with E-state index in [9.17, 15) is 95.9 Å². The van der Waals surface area contributed by atoms with Gasteiger partial charge in [0.1, 0.15) is 0 Å². The van der Waals surface area contributed by atoms with Crippen LogP contribution in [-0.2, 0) is 143 Å². The summed E-state index contributed by atoms with van der Waals surface area (Å²) in [5.74, 6) is -20.1. The fraction of sp³-hybridized carbons (Fsp3) is 0.667. The Balaban J connectivity index is 0.0000000872. The summed E-state index contributed by atoms with van der Waals surface area (Å²) in [5, 5.41) is 0. The predicted molar refractivity (Wildman–Crippen MR) is 260 cm³/mol. The third-order valence-corrected chi connectivity index (χ3v) is 25.6. The van der Waals surface area contributed by atoms with Crippen molar-refractivity contribution in [1.82, 2.24) is 0 Å². The Bertz CT molecular complexity index is 3380. The van der Waals surface area contributed by atoms with E-state index in [2.05, 4.69) is 37.9 Å². The number of esters is 20. The van der Waals surface area contributed by atoms with Gasteiger partial charge in [-0.1, -0.05) is 0 Å². The highest BCUT2D eigenvalue weighted by atomic mass is 16.6. The summed E-state index contributed by atoms with van der Waals surface area (Å²) in [7, 11) is 0. The minimum Gasteiger partial charge on any atom is -0.393 e. The fourth-order valence-corrected chi connectivity index (χ4v) is 23.1. The van der Waals surface area contributed by atoms with E-state index in [1.165, 1.54) is 0 Å².